The molecule has 0 aliphatic heterocycles. The summed E-state index contributed by atoms with van der Waals surface area (Å²) in [6.45, 7) is 8.63. The monoisotopic (exact) mass is 404 g/mol. The van der Waals surface area contributed by atoms with Gasteiger partial charge in [-0.25, -0.2) is 4.79 Å². The van der Waals surface area contributed by atoms with Crippen molar-refractivity contribution in [2.45, 2.75) is 85.5 Å². The molecule has 2 atom stereocenters. The maximum atomic E-state index is 12.1. The first-order valence-electron chi connectivity index (χ1n) is 10.2. The summed E-state index contributed by atoms with van der Waals surface area (Å²) in [5, 5.41) is 0. The molecule has 0 aromatic heterocycles. The van der Waals surface area contributed by atoms with Gasteiger partial charge in [0.25, 0.3) is 0 Å². The third kappa shape index (κ3) is 11.8. The van der Waals surface area contributed by atoms with E-state index < -0.39 is 33.5 Å². The minimum atomic E-state index is -2.81. The highest BCUT2D eigenvalue weighted by Gasteiger charge is 2.22. The number of hydrogen-bond donors (Lipinski definition) is 0. The van der Waals surface area contributed by atoms with Crippen molar-refractivity contribution in [3.8, 4) is 0 Å². The van der Waals surface area contributed by atoms with Crippen molar-refractivity contribution >= 4 is 27.1 Å². The number of hydrogen-bond acceptors (Lipinski definition) is 6. The number of carbonyl (C=O) groups excluding carboxylic acids is 2. The van der Waals surface area contributed by atoms with Crippen LogP contribution >= 0.6 is 0 Å². The zero-order chi connectivity index (χ0) is 20.7. The molecular weight excluding hydrogens is 368 g/mol. The third-order valence-electron chi connectivity index (χ3n) is 4.75. The van der Waals surface area contributed by atoms with Gasteiger partial charge in [-0.15, -0.1) is 0 Å². The maximum absolute atomic E-state index is 12.1. The lowest BCUT2D eigenvalue weighted by molar-refractivity contribution is -0.145. The Hall–Kier alpha value is -1.37. The Bertz CT molecular complexity index is 559. The van der Waals surface area contributed by atoms with Crippen molar-refractivity contribution < 1.29 is 27.5 Å². The van der Waals surface area contributed by atoms with Crippen LogP contribution in [0.1, 0.15) is 85.5 Å². The minimum Gasteiger partial charge on any atom is -0.465 e. The summed E-state index contributed by atoms with van der Waals surface area (Å²) < 4.78 is 33.0. The van der Waals surface area contributed by atoms with Gasteiger partial charge in [-0.05, 0) is 24.7 Å². The molecule has 158 valence electrons. The topological polar surface area (TPSA) is 86.7 Å². The van der Waals surface area contributed by atoms with Crippen LogP contribution in [0.15, 0.2) is 0 Å². The molecule has 0 saturated carbocycles. The van der Waals surface area contributed by atoms with Crippen LogP contribution < -0.4 is 0 Å². The zero-order valence-electron chi connectivity index (χ0n) is 17.3. The Morgan fingerprint density at radius 2 is 1.30 bits per heavy atom. The van der Waals surface area contributed by atoms with Crippen LogP contribution in [-0.2, 0) is 29.4 Å². The molecular formula is C20H36O6S. The minimum absolute atomic E-state index is 0.167. The highest BCUT2D eigenvalue weighted by atomic mass is 32.2. The lowest BCUT2D eigenvalue weighted by Gasteiger charge is -2.15. The van der Waals surface area contributed by atoms with Gasteiger partial charge in [0.2, 0.25) is 10.3 Å². The van der Waals surface area contributed by atoms with Gasteiger partial charge in [-0.3, -0.25) is 4.79 Å². The Balaban J connectivity index is 4.61. The molecule has 0 rings (SSSR count). The molecule has 0 amide bonds. The third-order valence-corrected chi connectivity index (χ3v) is 5.46. The molecule has 27 heavy (non-hydrogen) atoms. The Labute approximate surface area is 165 Å². The van der Waals surface area contributed by atoms with Crippen LogP contribution in [0, 0.1) is 11.8 Å². The maximum Gasteiger partial charge on any atom is 0.350 e. The fourth-order valence-electron chi connectivity index (χ4n) is 2.66. The Morgan fingerprint density at radius 3 is 1.70 bits per heavy atom. The van der Waals surface area contributed by atoms with Gasteiger partial charge in [-0.2, -0.15) is 8.42 Å². The molecule has 0 saturated heterocycles. The van der Waals surface area contributed by atoms with Crippen molar-refractivity contribution in [2.24, 2.45) is 11.8 Å². The van der Waals surface area contributed by atoms with E-state index in [1.807, 2.05) is 13.8 Å². The van der Waals surface area contributed by atoms with E-state index in [2.05, 4.69) is 13.8 Å². The van der Waals surface area contributed by atoms with E-state index >= 15 is 0 Å². The first-order chi connectivity index (χ1) is 12.9. The fourth-order valence-corrected chi connectivity index (χ4v) is 3.09. The summed E-state index contributed by atoms with van der Waals surface area (Å²) in [7, 11) is -2.81. The fraction of sp³-hybridized carbons (Fsp3) is 0.850. The van der Waals surface area contributed by atoms with Crippen molar-refractivity contribution in [1.82, 2.24) is 0 Å². The van der Waals surface area contributed by atoms with E-state index in [4.69, 9.17) is 9.47 Å². The predicted octanol–water partition coefficient (Wildman–Crippen LogP) is 3.95. The summed E-state index contributed by atoms with van der Waals surface area (Å²) in [6.07, 6.45) is 7.25. The highest BCUT2D eigenvalue weighted by Crippen LogP contribution is 2.14. The number of esters is 2. The van der Waals surface area contributed by atoms with Crippen LogP contribution in [-0.4, -0.2) is 38.4 Å². The number of rotatable bonds is 15. The summed E-state index contributed by atoms with van der Waals surface area (Å²) >= 11 is 0. The molecule has 7 heteroatoms. The van der Waals surface area contributed by atoms with Gasteiger partial charge in [-0.1, -0.05) is 66.2 Å². The molecule has 0 fully saturated rings. The van der Waals surface area contributed by atoms with Crippen LogP contribution in [0.25, 0.3) is 0 Å². The van der Waals surface area contributed by atoms with E-state index in [1.54, 1.807) is 0 Å². The molecule has 0 aliphatic carbocycles. The van der Waals surface area contributed by atoms with Gasteiger partial charge >= 0.3 is 11.9 Å². The van der Waals surface area contributed by atoms with Crippen molar-refractivity contribution in [2.75, 3.05) is 13.2 Å². The lowest BCUT2D eigenvalue weighted by Crippen LogP contribution is -2.26. The second-order valence-electron chi connectivity index (χ2n) is 6.95. The average molecular weight is 405 g/mol. The molecule has 0 heterocycles. The molecule has 0 aromatic carbocycles. The van der Waals surface area contributed by atoms with Crippen LogP contribution in [0.4, 0.5) is 0 Å². The number of carbonyl (C=O) groups is 2. The van der Waals surface area contributed by atoms with Gasteiger partial charge in [0.1, 0.15) is 0 Å². The second-order valence-corrected chi connectivity index (χ2v) is 7.91. The summed E-state index contributed by atoms with van der Waals surface area (Å²) in [6, 6.07) is 0. The molecule has 0 spiro atoms. The van der Waals surface area contributed by atoms with Gasteiger partial charge < -0.3 is 9.47 Å². The second kappa shape index (κ2) is 15.7. The molecule has 0 aromatic rings. The normalized spacial score (nSPS) is 12.9. The van der Waals surface area contributed by atoms with E-state index in [0.717, 1.165) is 51.4 Å². The smallest absolute Gasteiger partial charge is 0.350 e. The van der Waals surface area contributed by atoms with Crippen LogP contribution in [0.2, 0.25) is 0 Å². The summed E-state index contributed by atoms with van der Waals surface area (Å²) in [4.78, 5) is 23.5. The van der Waals surface area contributed by atoms with Crippen molar-refractivity contribution in [3.63, 3.8) is 0 Å². The van der Waals surface area contributed by atoms with E-state index in [-0.39, 0.29) is 25.0 Å². The van der Waals surface area contributed by atoms with Crippen molar-refractivity contribution in [1.29, 1.82) is 0 Å². The summed E-state index contributed by atoms with van der Waals surface area (Å²) in [5.74, 6) is -1.20. The standard InChI is InChI=1S/C20H36O6S/c1-5-9-11-16(7-3)14-25-19(21)13-18(27(23)24)20(22)26-15-17(8-4)12-10-6-2/h16-17H,5-15H2,1-4H3. The molecule has 0 bridgehead atoms. The number of unbranched alkanes of at least 4 members (excludes halogenated alkanes) is 2. The molecule has 0 N–H and O–H groups in total. The van der Waals surface area contributed by atoms with Crippen LogP contribution in [0.5, 0.6) is 0 Å². The summed E-state index contributed by atoms with van der Waals surface area (Å²) in [5.41, 5.74) is 0. The zero-order valence-corrected chi connectivity index (χ0v) is 18.1. The van der Waals surface area contributed by atoms with E-state index in [1.165, 1.54) is 0 Å². The first kappa shape index (κ1) is 25.6. The number of ether oxygens (including phenoxy) is 2. The lowest BCUT2D eigenvalue weighted by atomic mass is 10.0. The Kier molecular flexibility index (Phi) is 14.9. The predicted molar refractivity (Wildman–Crippen MR) is 107 cm³/mol. The Morgan fingerprint density at radius 1 is 0.815 bits per heavy atom. The van der Waals surface area contributed by atoms with Gasteiger partial charge in [0, 0.05) is 0 Å². The SMILES string of the molecule is CCCCC(CC)COC(=O)CC(C(=O)OCC(CC)CCCC)=S(=O)=O. The van der Waals surface area contributed by atoms with Gasteiger partial charge in [0.05, 0.1) is 19.6 Å². The van der Waals surface area contributed by atoms with Crippen LogP contribution in [0.3, 0.4) is 0 Å². The molecule has 2 unspecified atom stereocenters. The van der Waals surface area contributed by atoms with E-state index in [0.29, 0.717) is 0 Å². The van der Waals surface area contributed by atoms with Gasteiger partial charge in [0.15, 0.2) is 4.86 Å². The van der Waals surface area contributed by atoms with E-state index in [9.17, 15) is 18.0 Å². The largest absolute Gasteiger partial charge is 0.465 e. The van der Waals surface area contributed by atoms with Crippen molar-refractivity contribution in [3.05, 3.63) is 0 Å². The first-order valence-corrected chi connectivity index (χ1v) is 11.2. The average Bonchev–Trinajstić information content (AvgIpc) is 2.65. The molecule has 0 radical (unpaired) electrons. The quantitative estimate of drug-likeness (QED) is 0.303. The highest BCUT2D eigenvalue weighted by molar-refractivity contribution is 7.74. The molecule has 6 nitrogen and oxygen atoms in total. The molecule has 0 aliphatic rings.